The highest BCUT2D eigenvalue weighted by Crippen LogP contribution is 2.21. The molecule has 0 saturated heterocycles. The Morgan fingerprint density at radius 3 is 1.95 bits per heavy atom. The van der Waals surface area contributed by atoms with Crippen molar-refractivity contribution in [1.29, 1.82) is 0 Å². The molecule has 11 heteroatoms. The van der Waals surface area contributed by atoms with Gasteiger partial charge in [-0.25, -0.2) is 14.3 Å². The molecule has 2 rings (SSSR count). The number of alkyl halides is 2. The van der Waals surface area contributed by atoms with Crippen LogP contribution in [0.15, 0.2) is 48.5 Å². The van der Waals surface area contributed by atoms with Gasteiger partial charge in [0.05, 0.1) is 0 Å². The van der Waals surface area contributed by atoms with Crippen molar-refractivity contribution in [1.82, 2.24) is 16.1 Å². The van der Waals surface area contributed by atoms with E-state index in [9.17, 15) is 28.0 Å². The van der Waals surface area contributed by atoms with Crippen molar-refractivity contribution in [3.8, 4) is 23.7 Å². The number of halogens is 2. The molecule has 2 aromatic rings. The molecule has 0 aromatic heterocycles. The molecule has 198 valence electrons. The summed E-state index contributed by atoms with van der Waals surface area (Å²) >= 11 is 0. The number of aryl methyl sites for hydroxylation is 1. The number of hydroxylamine groups is 1. The summed E-state index contributed by atoms with van der Waals surface area (Å²) in [6.45, 7) is 1.85. The van der Waals surface area contributed by atoms with Crippen molar-refractivity contribution >= 4 is 23.6 Å². The lowest BCUT2D eigenvalue weighted by Crippen LogP contribution is -2.68. The first-order valence-electron chi connectivity index (χ1n) is 11.3. The molecule has 2 aromatic carbocycles. The Balaban J connectivity index is 2.10. The SMILES string of the molecule is CC(=O)NC(C)(C(F)F)[C@H](NC(=O)c1ccc(C#CC#Cc2ccc(CCC(N)=O)cc2)cc1)C(=O)NO. The maximum atomic E-state index is 13.8. The molecular weight excluding hydrogens is 498 g/mol. The number of nitrogens with one attached hydrogen (secondary N) is 3. The average Bonchev–Trinajstić information content (AvgIpc) is 2.88. The molecular formula is C27H26F2N4O5. The number of hydrogen-bond acceptors (Lipinski definition) is 5. The minimum Gasteiger partial charge on any atom is -0.370 e. The normalized spacial score (nSPS) is 12.5. The highest BCUT2D eigenvalue weighted by Gasteiger charge is 2.48. The van der Waals surface area contributed by atoms with Gasteiger partial charge in [0.15, 0.2) is 0 Å². The number of primary amides is 1. The van der Waals surface area contributed by atoms with Gasteiger partial charge in [-0.1, -0.05) is 24.0 Å². The van der Waals surface area contributed by atoms with Crippen molar-refractivity contribution in [2.45, 2.75) is 44.7 Å². The first-order chi connectivity index (χ1) is 18.0. The molecule has 2 atom stereocenters. The van der Waals surface area contributed by atoms with Crippen molar-refractivity contribution in [3.63, 3.8) is 0 Å². The summed E-state index contributed by atoms with van der Waals surface area (Å²) in [6.07, 6.45) is -2.44. The predicted octanol–water partition coefficient (Wildman–Crippen LogP) is 1.27. The Hall–Kier alpha value is -4.74. The van der Waals surface area contributed by atoms with Crippen LogP contribution in [0.1, 0.15) is 47.3 Å². The lowest BCUT2D eigenvalue weighted by atomic mass is 9.91. The average molecular weight is 525 g/mol. The minimum atomic E-state index is -3.26. The van der Waals surface area contributed by atoms with Gasteiger partial charge < -0.3 is 16.4 Å². The van der Waals surface area contributed by atoms with Gasteiger partial charge in [-0.2, -0.15) is 0 Å². The van der Waals surface area contributed by atoms with E-state index in [-0.39, 0.29) is 17.9 Å². The highest BCUT2D eigenvalue weighted by atomic mass is 19.3. The Morgan fingerprint density at radius 2 is 1.50 bits per heavy atom. The van der Waals surface area contributed by atoms with Crippen LogP contribution in [0.25, 0.3) is 0 Å². The third kappa shape index (κ3) is 8.43. The molecule has 0 bridgehead atoms. The number of carbonyl (C=O) groups is 4. The molecule has 4 amide bonds. The molecule has 0 aliphatic rings. The van der Waals surface area contributed by atoms with E-state index in [0.717, 1.165) is 25.0 Å². The number of benzene rings is 2. The zero-order valence-electron chi connectivity index (χ0n) is 20.6. The van der Waals surface area contributed by atoms with E-state index < -0.39 is 35.7 Å². The summed E-state index contributed by atoms with van der Waals surface area (Å²) in [4.78, 5) is 47.0. The van der Waals surface area contributed by atoms with E-state index >= 15 is 0 Å². The summed E-state index contributed by atoms with van der Waals surface area (Å²) in [5.74, 6) is 7.62. The quantitative estimate of drug-likeness (QED) is 0.190. The Labute approximate surface area is 218 Å². The molecule has 0 heterocycles. The van der Waals surface area contributed by atoms with Crippen molar-refractivity contribution in [2.75, 3.05) is 0 Å². The van der Waals surface area contributed by atoms with Crippen LogP contribution >= 0.6 is 0 Å². The van der Waals surface area contributed by atoms with Gasteiger partial charge in [0.1, 0.15) is 11.6 Å². The third-order valence-electron chi connectivity index (χ3n) is 5.38. The molecule has 0 radical (unpaired) electrons. The lowest BCUT2D eigenvalue weighted by molar-refractivity contribution is -0.137. The monoisotopic (exact) mass is 524 g/mol. The zero-order valence-corrected chi connectivity index (χ0v) is 20.6. The Kier molecular flexibility index (Phi) is 10.5. The lowest BCUT2D eigenvalue weighted by Gasteiger charge is -2.36. The van der Waals surface area contributed by atoms with Crippen LogP contribution in [0.2, 0.25) is 0 Å². The second-order valence-corrected chi connectivity index (χ2v) is 8.39. The fourth-order valence-corrected chi connectivity index (χ4v) is 3.33. The molecule has 0 fully saturated rings. The predicted molar refractivity (Wildman–Crippen MR) is 134 cm³/mol. The second kappa shape index (κ2) is 13.5. The summed E-state index contributed by atoms with van der Waals surface area (Å²) in [6, 6.07) is 11.0. The standard InChI is InChI=1S/C27H26F2N4O5/c1-17(34)32-27(2,26(28)29)23(25(37)33-38)31-24(36)21-14-11-19(12-15-21)6-4-3-5-18-7-9-20(10-8-18)13-16-22(30)35/h7-12,14-15,23,26,38H,13,16H2,1-2H3,(H2,30,35)(H,31,36)(H,32,34)(H,33,37)/t23-,27?/m1/s1. The topological polar surface area (TPSA) is 151 Å². The fraction of sp³-hybridized carbons (Fsp3) is 0.259. The fourth-order valence-electron chi connectivity index (χ4n) is 3.33. The number of nitrogens with two attached hydrogens (primary N) is 1. The summed E-state index contributed by atoms with van der Waals surface area (Å²) in [5, 5.41) is 13.1. The maximum absolute atomic E-state index is 13.8. The third-order valence-corrected chi connectivity index (χ3v) is 5.38. The van der Waals surface area contributed by atoms with Gasteiger partial charge in [0.2, 0.25) is 11.8 Å². The van der Waals surface area contributed by atoms with Crippen molar-refractivity contribution < 1.29 is 33.2 Å². The maximum Gasteiger partial charge on any atom is 0.268 e. The van der Waals surface area contributed by atoms with Crippen LogP contribution in [0.4, 0.5) is 8.78 Å². The molecule has 1 unspecified atom stereocenters. The summed E-state index contributed by atoms with van der Waals surface area (Å²) < 4.78 is 27.5. The highest BCUT2D eigenvalue weighted by molar-refractivity contribution is 5.98. The Bertz CT molecular complexity index is 1310. The van der Waals surface area contributed by atoms with Crippen LogP contribution in [-0.4, -0.2) is 46.8 Å². The van der Waals surface area contributed by atoms with Crippen LogP contribution in [-0.2, 0) is 20.8 Å². The number of amides is 4. The first kappa shape index (κ1) is 29.5. The first-order valence-corrected chi connectivity index (χ1v) is 11.3. The molecule has 6 N–H and O–H groups in total. The summed E-state index contributed by atoms with van der Waals surface area (Å²) in [5.41, 5.74) is 6.09. The zero-order chi connectivity index (χ0) is 28.3. The largest absolute Gasteiger partial charge is 0.370 e. The molecule has 0 aliphatic carbocycles. The van der Waals surface area contributed by atoms with Crippen LogP contribution in [0, 0.1) is 23.7 Å². The van der Waals surface area contributed by atoms with Crippen molar-refractivity contribution in [2.24, 2.45) is 5.73 Å². The molecule has 38 heavy (non-hydrogen) atoms. The van der Waals surface area contributed by atoms with Gasteiger partial charge in [0.25, 0.3) is 18.2 Å². The van der Waals surface area contributed by atoms with Gasteiger partial charge in [-0.15, -0.1) is 0 Å². The van der Waals surface area contributed by atoms with E-state index in [1.54, 1.807) is 12.1 Å². The van der Waals surface area contributed by atoms with Gasteiger partial charge in [-0.3, -0.25) is 24.4 Å². The molecule has 0 aliphatic heterocycles. The van der Waals surface area contributed by atoms with Crippen molar-refractivity contribution in [3.05, 3.63) is 70.8 Å². The van der Waals surface area contributed by atoms with Gasteiger partial charge >= 0.3 is 0 Å². The molecule has 0 spiro atoms. The van der Waals surface area contributed by atoms with Crippen LogP contribution in [0.5, 0.6) is 0 Å². The van der Waals surface area contributed by atoms with E-state index in [4.69, 9.17) is 10.9 Å². The number of rotatable bonds is 9. The van der Waals surface area contributed by atoms with Crippen LogP contribution < -0.4 is 21.8 Å². The van der Waals surface area contributed by atoms with Gasteiger partial charge in [0, 0.05) is 30.0 Å². The molecule has 0 saturated carbocycles. The van der Waals surface area contributed by atoms with E-state index in [0.29, 0.717) is 12.0 Å². The van der Waals surface area contributed by atoms with Gasteiger partial charge in [-0.05, 0) is 67.1 Å². The smallest absolute Gasteiger partial charge is 0.268 e. The van der Waals surface area contributed by atoms with E-state index in [1.165, 1.54) is 29.7 Å². The minimum absolute atomic E-state index is 0.0215. The molecule has 9 nitrogen and oxygen atoms in total. The van der Waals surface area contributed by atoms with E-state index in [1.807, 2.05) is 17.4 Å². The number of hydrogen-bond donors (Lipinski definition) is 5. The van der Waals surface area contributed by atoms with Crippen LogP contribution in [0.3, 0.4) is 0 Å². The number of carbonyl (C=O) groups excluding carboxylic acids is 4. The summed E-state index contributed by atoms with van der Waals surface area (Å²) in [7, 11) is 0. The van der Waals surface area contributed by atoms with E-state index in [2.05, 4.69) is 29.0 Å². The Morgan fingerprint density at radius 1 is 0.974 bits per heavy atom. The second-order valence-electron chi connectivity index (χ2n) is 8.39.